The molecule has 1 aliphatic heterocycles. The average Bonchev–Trinajstić information content (AvgIpc) is 2.67. The Kier molecular flexibility index (Phi) is 6.36. The second-order valence-corrected chi connectivity index (χ2v) is 6.88. The number of halogens is 2. The molecule has 0 radical (unpaired) electrons. The number of rotatable bonds is 5. The first-order chi connectivity index (χ1) is 13.4. The van der Waals surface area contributed by atoms with Gasteiger partial charge in [0.15, 0.2) is 0 Å². The Morgan fingerprint density at radius 3 is 2.36 bits per heavy atom. The fourth-order valence-corrected chi connectivity index (χ4v) is 3.28. The molecule has 0 bridgehead atoms. The van der Waals surface area contributed by atoms with E-state index in [-0.39, 0.29) is 24.9 Å². The Morgan fingerprint density at radius 2 is 1.71 bits per heavy atom. The number of hydrogen-bond acceptors (Lipinski definition) is 3. The van der Waals surface area contributed by atoms with Crippen LogP contribution in [0.4, 0.5) is 8.78 Å². The zero-order valence-electron chi connectivity index (χ0n) is 15.8. The summed E-state index contributed by atoms with van der Waals surface area (Å²) in [6.45, 7) is 4.15. The number of carbonyl (C=O) groups excluding carboxylic acids is 2. The molecule has 0 saturated carbocycles. The Labute approximate surface area is 162 Å². The molecule has 2 aromatic rings. The van der Waals surface area contributed by atoms with Gasteiger partial charge in [-0.3, -0.25) is 9.59 Å². The fourth-order valence-electron chi connectivity index (χ4n) is 3.28. The van der Waals surface area contributed by atoms with Crippen LogP contribution in [0.1, 0.15) is 21.5 Å². The van der Waals surface area contributed by atoms with Crippen molar-refractivity contribution in [3.8, 4) is 0 Å². The first kappa shape index (κ1) is 19.9. The predicted molar refractivity (Wildman–Crippen MR) is 102 cm³/mol. The van der Waals surface area contributed by atoms with E-state index in [4.69, 9.17) is 0 Å². The van der Waals surface area contributed by atoms with Gasteiger partial charge >= 0.3 is 0 Å². The van der Waals surface area contributed by atoms with Crippen LogP contribution in [0, 0.1) is 18.6 Å². The van der Waals surface area contributed by atoms with Gasteiger partial charge in [0.1, 0.15) is 18.2 Å². The van der Waals surface area contributed by atoms with E-state index in [0.717, 1.165) is 11.6 Å². The summed E-state index contributed by atoms with van der Waals surface area (Å²) < 4.78 is 27.2. The van der Waals surface area contributed by atoms with Crippen molar-refractivity contribution < 1.29 is 18.4 Å². The SMILES string of the molecule is Cc1ccccc1C(=O)N(CC(=O)N1CCNCC1)Cc1cc(F)cc(F)c1. The lowest BCUT2D eigenvalue weighted by Gasteiger charge is -2.30. The molecule has 0 unspecified atom stereocenters. The van der Waals surface area contributed by atoms with Crippen LogP contribution in [-0.4, -0.2) is 54.3 Å². The topological polar surface area (TPSA) is 52.7 Å². The molecule has 0 atom stereocenters. The van der Waals surface area contributed by atoms with Crippen LogP contribution in [0.2, 0.25) is 0 Å². The smallest absolute Gasteiger partial charge is 0.254 e. The van der Waals surface area contributed by atoms with Gasteiger partial charge in [0.05, 0.1) is 0 Å². The lowest BCUT2D eigenvalue weighted by Crippen LogP contribution is -2.50. The van der Waals surface area contributed by atoms with Gasteiger partial charge < -0.3 is 15.1 Å². The van der Waals surface area contributed by atoms with Gasteiger partial charge in [0.25, 0.3) is 5.91 Å². The highest BCUT2D eigenvalue weighted by Gasteiger charge is 2.24. The molecule has 3 rings (SSSR count). The Hall–Kier alpha value is -2.80. The predicted octanol–water partition coefficient (Wildman–Crippen LogP) is 2.35. The summed E-state index contributed by atoms with van der Waals surface area (Å²) in [5.41, 5.74) is 1.54. The van der Waals surface area contributed by atoms with E-state index in [1.807, 2.05) is 19.1 Å². The van der Waals surface area contributed by atoms with Crippen LogP contribution in [0.5, 0.6) is 0 Å². The van der Waals surface area contributed by atoms with Crippen molar-refractivity contribution in [3.63, 3.8) is 0 Å². The molecular weight excluding hydrogens is 364 g/mol. The van der Waals surface area contributed by atoms with E-state index in [2.05, 4.69) is 5.32 Å². The lowest BCUT2D eigenvalue weighted by atomic mass is 10.1. The van der Waals surface area contributed by atoms with Crippen LogP contribution in [0.25, 0.3) is 0 Å². The van der Waals surface area contributed by atoms with Gasteiger partial charge in [-0.15, -0.1) is 0 Å². The van der Waals surface area contributed by atoms with E-state index in [1.54, 1.807) is 17.0 Å². The van der Waals surface area contributed by atoms with Crippen LogP contribution in [0.3, 0.4) is 0 Å². The molecule has 5 nitrogen and oxygen atoms in total. The first-order valence-electron chi connectivity index (χ1n) is 9.22. The van der Waals surface area contributed by atoms with Crippen LogP contribution >= 0.6 is 0 Å². The number of nitrogens with zero attached hydrogens (tertiary/aromatic N) is 2. The number of hydrogen-bond donors (Lipinski definition) is 1. The third-order valence-electron chi connectivity index (χ3n) is 4.75. The summed E-state index contributed by atoms with van der Waals surface area (Å²) in [6, 6.07) is 10.2. The quantitative estimate of drug-likeness (QED) is 0.857. The van der Waals surface area contributed by atoms with E-state index >= 15 is 0 Å². The average molecular weight is 387 g/mol. The molecule has 0 aromatic heterocycles. The normalized spacial score (nSPS) is 14.0. The second kappa shape index (κ2) is 8.93. The molecule has 1 aliphatic rings. The number of aryl methyl sites for hydroxylation is 1. The van der Waals surface area contributed by atoms with Crippen molar-refractivity contribution >= 4 is 11.8 Å². The molecule has 7 heteroatoms. The minimum absolute atomic E-state index is 0.0559. The molecule has 1 N–H and O–H groups in total. The first-order valence-corrected chi connectivity index (χ1v) is 9.22. The number of amides is 2. The van der Waals surface area contributed by atoms with Crippen molar-refractivity contribution in [2.45, 2.75) is 13.5 Å². The van der Waals surface area contributed by atoms with Crippen molar-refractivity contribution in [2.24, 2.45) is 0 Å². The van der Waals surface area contributed by atoms with Gasteiger partial charge in [-0.2, -0.15) is 0 Å². The third kappa shape index (κ3) is 4.92. The largest absolute Gasteiger partial charge is 0.339 e. The molecule has 1 saturated heterocycles. The summed E-state index contributed by atoms with van der Waals surface area (Å²) >= 11 is 0. The molecule has 148 valence electrons. The molecular formula is C21H23F2N3O2. The van der Waals surface area contributed by atoms with Crippen LogP contribution in [-0.2, 0) is 11.3 Å². The zero-order chi connectivity index (χ0) is 20.1. The molecule has 2 amide bonds. The number of piperazine rings is 1. The molecule has 28 heavy (non-hydrogen) atoms. The van der Waals surface area contributed by atoms with Crippen LogP contribution in [0.15, 0.2) is 42.5 Å². The summed E-state index contributed by atoms with van der Waals surface area (Å²) in [4.78, 5) is 28.9. The van der Waals surface area contributed by atoms with Gasteiger partial charge in [-0.05, 0) is 36.2 Å². The molecule has 0 spiro atoms. The highest BCUT2D eigenvalue weighted by Crippen LogP contribution is 2.16. The van der Waals surface area contributed by atoms with Crippen molar-refractivity contribution in [2.75, 3.05) is 32.7 Å². The maximum Gasteiger partial charge on any atom is 0.254 e. The van der Waals surface area contributed by atoms with Gasteiger partial charge in [-0.1, -0.05) is 18.2 Å². The summed E-state index contributed by atoms with van der Waals surface area (Å²) in [5, 5.41) is 3.17. The van der Waals surface area contributed by atoms with Crippen LogP contribution < -0.4 is 5.32 Å². The summed E-state index contributed by atoms with van der Waals surface area (Å²) in [5.74, 6) is -1.95. The summed E-state index contributed by atoms with van der Waals surface area (Å²) in [6.07, 6.45) is 0. The molecule has 1 heterocycles. The molecule has 1 fully saturated rings. The zero-order valence-corrected chi connectivity index (χ0v) is 15.8. The number of carbonyl (C=O) groups is 2. The van der Waals surface area contributed by atoms with Gasteiger partial charge in [0, 0.05) is 44.4 Å². The Bertz CT molecular complexity index is 846. The van der Waals surface area contributed by atoms with E-state index in [9.17, 15) is 18.4 Å². The van der Waals surface area contributed by atoms with E-state index in [1.165, 1.54) is 17.0 Å². The number of benzene rings is 2. The van der Waals surface area contributed by atoms with E-state index in [0.29, 0.717) is 37.3 Å². The van der Waals surface area contributed by atoms with Crippen molar-refractivity contribution in [3.05, 3.63) is 70.8 Å². The minimum atomic E-state index is -0.716. The number of nitrogens with one attached hydrogen (secondary N) is 1. The maximum absolute atomic E-state index is 13.6. The minimum Gasteiger partial charge on any atom is -0.339 e. The second-order valence-electron chi connectivity index (χ2n) is 6.88. The molecule has 0 aliphatic carbocycles. The van der Waals surface area contributed by atoms with Crippen molar-refractivity contribution in [1.29, 1.82) is 0 Å². The fraction of sp³-hybridized carbons (Fsp3) is 0.333. The maximum atomic E-state index is 13.6. The monoisotopic (exact) mass is 387 g/mol. The highest BCUT2D eigenvalue weighted by atomic mass is 19.1. The van der Waals surface area contributed by atoms with Gasteiger partial charge in [0.2, 0.25) is 5.91 Å². The van der Waals surface area contributed by atoms with E-state index < -0.39 is 11.6 Å². The van der Waals surface area contributed by atoms with Gasteiger partial charge in [-0.25, -0.2) is 8.78 Å². The Morgan fingerprint density at radius 1 is 1.07 bits per heavy atom. The third-order valence-corrected chi connectivity index (χ3v) is 4.75. The standard InChI is InChI=1S/C21H23F2N3O2/c1-15-4-2-3-5-19(15)21(28)26(13-16-10-17(22)12-18(23)11-16)14-20(27)25-8-6-24-7-9-25/h2-5,10-12,24H,6-9,13-14H2,1H3. The summed E-state index contributed by atoms with van der Waals surface area (Å²) in [7, 11) is 0. The molecule has 2 aromatic carbocycles. The lowest BCUT2D eigenvalue weighted by molar-refractivity contribution is -0.132. The highest BCUT2D eigenvalue weighted by molar-refractivity contribution is 5.97. The van der Waals surface area contributed by atoms with Crippen molar-refractivity contribution in [1.82, 2.24) is 15.1 Å². The Balaban J connectivity index is 1.85.